The Morgan fingerprint density at radius 2 is 2.10 bits per heavy atom. The lowest BCUT2D eigenvalue weighted by molar-refractivity contribution is -0.387. The van der Waals surface area contributed by atoms with Crippen LogP contribution in [-0.4, -0.2) is 34.0 Å². The number of likely N-dealkylation sites (tertiary alicyclic amines) is 1. The van der Waals surface area contributed by atoms with Crippen LogP contribution in [0.4, 0.5) is 10.1 Å². The molecule has 1 aromatic rings. The van der Waals surface area contributed by atoms with E-state index in [2.05, 4.69) is 0 Å². The summed E-state index contributed by atoms with van der Waals surface area (Å²) in [6.07, 6.45) is 1.08. The highest BCUT2D eigenvalue weighted by Gasteiger charge is 2.36. The summed E-state index contributed by atoms with van der Waals surface area (Å²) in [6, 6.07) is 3.87. The van der Waals surface area contributed by atoms with Crippen LogP contribution < -0.4 is 0 Å². The first-order valence-corrected chi connectivity index (χ1v) is 6.70. The Balaban J connectivity index is 2.00. The van der Waals surface area contributed by atoms with E-state index >= 15 is 0 Å². The maximum Gasteiger partial charge on any atom is 0.309 e. The van der Waals surface area contributed by atoms with E-state index in [9.17, 15) is 19.3 Å². The van der Waals surface area contributed by atoms with Crippen molar-refractivity contribution in [2.75, 3.05) is 13.1 Å². The number of hydrogen-bond donors (Lipinski definition) is 1. The highest BCUT2D eigenvalue weighted by Crippen LogP contribution is 2.31. The van der Waals surface area contributed by atoms with E-state index in [0.717, 1.165) is 6.07 Å². The number of aliphatic carboxylic acids is 1. The van der Waals surface area contributed by atoms with E-state index in [0.29, 0.717) is 38.0 Å². The van der Waals surface area contributed by atoms with E-state index in [4.69, 9.17) is 5.11 Å². The molecule has 2 rings (SSSR count). The predicted octanol–water partition coefficient (Wildman–Crippen LogP) is 2.42. The van der Waals surface area contributed by atoms with Gasteiger partial charge in [-0.15, -0.1) is 0 Å². The number of benzene rings is 1. The number of nitrogens with zero attached hydrogens (tertiary/aromatic N) is 2. The molecule has 0 unspecified atom stereocenters. The number of hydrogen-bond acceptors (Lipinski definition) is 4. The maximum atomic E-state index is 13.5. The van der Waals surface area contributed by atoms with Crippen LogP contribution in [-0.2, 0) is 11.3 Å². The zero-order valence-electron chi connectivity index (χ0n) is 11.7. The molecule has 1 N–H and O–H groups in total. The van der Waals surface area contributed by atoms with Crippen molar-refractivity contribution in [2.24, 2.45) is 5.41 Å². The van der Waals surface area contributed by atoms with Crippen molar-refractivity contribution >= 4 is 11.7 Å². The summed E-state index contributed by atoms with van der Waals surface area (Å²) < 4.78 is 13.5. The number of carboxylic acid groups (broad SMARTS) is 1. The first kappa shape index (κ1) is 15.4. The number of rotatable bonds is 4. The van der Waals surface area contributed by atoms with Gasteiger partial charge in [-0.05, 0) is 44.5 Å². The van der Waals surface area contributed by atoms with Crippen LogP contribution in [0.15, 0.2) is 18.2 Å². The summed E-state index contributed by atoms with van der Waals surface area (Å²) in [7, 11) is 0. The van der Waals surface area contributed by atoms with Gasteiger partial charge in [0.05, 0.1) is 10.3 Å². The number of nitro benzene ring substituents is 1. The van der Waals surface area contributed by atoms with Gasteiger partial charge >= 0.3 is 11.7 Å². The molecule has 1 aliphatic rings. The average molecular weight is 296 g/mol. The Morgan fingerprint density at radius 1 is 1.48 bits per heavy atom. The summed E-state index contributed by atoms with van der Waals surface area (Å²) >= 11 is 0. The lowest BCUT2D eigenvalue weighted by Gasteiger charge is -2.36. The highest BCUT2D eigenvalue weighted by atomic mass is 19.1. The second-order valence-corrected chi connectivity index (χ2v) is 5.68. The summed E-state index contributed by atoms with van der Waals surface area (Å²) in [5.74, 6) is -1.63. The van der Waals surface area contributed by atoms with Crippen LogP contribution in [0.2, 0.25) is 0 Å². The Labute approximate surface area is 121 Å². The predicted molar refractivity (Wildman–Crippen MR) is 73.3 cm³/mol. The third kappa shape index (κ3) is 3.36. The molecule has 1 aliphatic heterocycles. The third-order valence-corrected chi connectivity index (χ3v) is 4.09. The lowest BCUT2D eigenvalue weighted by atomic mass is 9.80. The van der Waals surface area contributed by atoms with Crippen molar-refractivity contribution in [3.8, 4) is 0 Å². The summed E-state index contributed by atoms with van der Waals surface area (Å²) in [5, 5.41) is 19.7. The molecule has 1 fully saturated rings. The second-order valence-electron chi connectivity index (χ2n) is 5.68. The van der Waals surface area contributed by atoms with Crippen LogP contribution in [0.25, 0.3) is 0 Å². The van der Waals surface area contributed by atoms with Gasteiger partial charge in [-0.3, -0.25) is 19.8 Å². The van der Waals surface area contributed by atoms with E-state index in [-0.39, 0.29) is 0 Å². The Hall–Kier alpha value is -2.02. The number of carboxylic acids is 1. The van der Waals surface area contributed by atoms with Crippen molar-refractivity contribution in [3.63, 3.8) is 0 Å². The molecule has 1 heterocycles. The number of piperidine rings is 1. The maximum absolute atomic E-state index is 13.5. The van der Waals surface area contributed by atoms with Crippen LogP contribution in [0, 0.1) is 21.3 Å². The largest absolute Gasteiger partial charge is 0.481 e. The molecular formula is C14H17FN2O4. The minimum Gasteiger partial charge on any atom is -0.481 e. The normalized spacial score (nSPS) is 18.4. The first-order valence-electron chi connectivity index (χ1n) is 6.70. The fourth-order valence-corrected chi connectivity index (χ4v) is 2.47. The molecule has 0 aromatic heterocycles. The minimum atomic E-state index is -0.843. The molecule has 0 atom stereocenters. The van der Waals surface area contributed by atoms with E-state index < -0.39 is 27.8 Å². The molecule has 21 heavy (non-hydrogen) atoms. The SMILES string of the molecule is CC1(C(=O)O)CCN(Cc2ccc([N+](=O)[O-])c(F)c2)CC1. The highest BCUT2D eigenvalue weighted by molar-refractivity contribution is 5.74. The Morgan fingerprint density at radius 3 is 2.57 bits per heavy atom. The fourth-order valence-electron chi connectivity index (χ4n) is 2.47. The molecule has 0 radical (unpaired) electrons. The molecule has 6 nitrogen and oxygen atoms in total. The van der Waals surface area contributed by atoms with Gasteiger partial charge in [0.1, 0.15) is 0 Å². The molecule has 114 valence electrons. The zero-order valence-corrected chi connectivity index (χ0v) is 11.7. The first-order chi connectivity index (χ1) is 9.82. The second kappa shape index (κ2) is 5.77. The monoisotopic (exact) mass is 296 g/mol. The van der Waals surface area contributed by atoms with Crippen molar-refractivity contribution in [2.45, 2.75) is 26.3 Å². The number of carbonyl (C=O) groups is 1. The molecule has 0 bridgehead atoms. The number of nitro groups is 1. The van der Waals surface area contributed by atoms with Gasteiger partial charge < -0.3 is 5.11 Å². The van der Waals surface area contributed by atoms with Crippen LogP contribution in [0.5, 0.6) is 0 Å². The molecule has 0 spiro atoms. The lowest BCUT2D eigenvalue weighted by Crippen LogP contribution is -2.42. The fraction of sp³-hybridized carbons (Fsp3) is 0.500. The molecule has 7 heteroatoms. The van der Waals surface area contributed by atoms with E-state index in [1.165, 1.54) is 12.1 Å². The zero-order chi connectivity index (χ0) is 15.6. The van der Waals surface area contributed by atoms with E-state index in [1.54, 1.807) is 6.92 Å². The van der Waals surface area contributed by atoms with Gasteiger partial charge in [-0.1, -0.05) is 6.07 Å². The quantitative estimate of drug-likeness (QED) is 0.681. The molecule has 0 amide bonds. The summed E-state index contributed by atoms with van der Waals surface area (Å²) in [4.78, 5) is 23.0. The van der Waals surface area contributed by atoms with Gasteiger partial charge in [-0.25, -0.2) is 0 Å². The van der Waals surface area contributed by atoms with Crippen molar-refractivity contribution < 1.29 is 19.2 Å². The van der Waals surface area contributed by atoms with Crippen molar-refractivity contribution in [3.05, 3.63) is 39.7 Å². The smallest absolute Gasteiger partial charge is 0.309 e. The molecule has 1 saturated heterocycles. The van der Waals surface area contributed by atoms with Crippen LogP contribution in [0.1, 0.15) is 25.3 Å². The standard InChI is InChI=1S/C14H17FN2O4/c1-14(13(18)19)4-6-16(7-5-14)9-10-2-3-12(17(20)21)11(15)8-10/h2-3,8H,4-7,9H2,1H3,(H,18,19). The summed E-state index contributed by atoms with van der Waals surface area (Å²) in [6.45, 7) is 3.42. The summed E-state index contributed by atoms with van der Waals surface area (Å²) in [5.41, 5.74) is -0.579. The molecule has 1 aromatic carbocycles. The van der Waals surface area contributed by atoms with Crippen molar-refractivity contribution in [1.29, 1.82) is 0 Å². The Kier molecular flexibility index (Phi) is 4.22. The molecule has 0 aliphatic carbocycles. The third-order valence-electron chi connectivity index (χ3n) is 4.09. The minimum absolute atomic E-state index is 0.463. The van der Waals surface area contributed by atoms with Gasteiger partial charge in [0.15, 0.2) is 0 Å². The number of halogens is 1. The van der Waals surface area contributed by atoms with Gasteiger partial charge in [-0.2, -0.15) is 4.39 Å². The Bertz CT molecular complexity index is 568. The molecule has 0 saturated carbocycles. The van der Waals surface area contributed by atoms with Gasteiger partial charge in [0.25, 0.3) is 0 Å². The topological polar surface area (TPSA) is 83.7 Å². The average Bonchev–Trinajstić information content (AvgIpc) is 2.41. The van der Waals surface area contributed by atoms with Crippen LogP contribution in [0.3, 0.4) is 0 Å². The van der Waals surface area contributed by atoms with Gasteiger partial charge in [0, 0.05) is 12.6 Å². The van der Waals surface area contributed by atoms with Gasteiger partial charge in [0.2, 0.25) is 5.82 Å². The van der Waals surface area contributed by atoms with E-state index in [1.807, 2.05) is 4.90 Å². The van der Waals surface area contributed by atoms with Crippen LogP contribution >= 0.6 is 0 Å². The molecular weight excluding hydrogens is 279 g/mol. The van der Waals surface area contributed by atoms with Crippen molar-refractivity contribution in [1.82, 2.24) is 4.90 Å².